The van der Waals surface area contributed by atoms with Gasteiger partial charge in [0.15, 0.2) is 11.4 Å². The van der Waals surface area contributed by atoms with Crippen molar-refractivity contribution in [1.29, 1.82) is 0 Å². The summed E-state index contributed by atoms with van der Waals surface area (Å²) in [4.78, 5) is 18.5. The van der Waals surface area contributed by atoms with Crippen molar-refractivity contribution in [1.82, 2.24) is 19.9 Å². The Kier molecular flexibility index (Phi) is 3.19. The summed E-state index contributed by atoms with van der Waals surface area (Å²) in [6.07, 6.45) is 6.29. The first kappa shape index (κ1) is 14.2. The lowest BCUT2D eigenvalue weighted by atomic mass is 9.95. The molecule has 1 fully saturated rings. The van der Waals surface area contributed by atoms with E-state index in [2.05, 4.69) is 32.9 Å². The Labute approximate surface area is 140 Å². The molecule has 0 unspecified atom stereocenters. The standard InChI is InChI=1S/C18H21N5O/c1-22-6-8-23(9-7-22)17-16-15(19-11-20-17)13-10-12-4-2-3-5-14(12)21-18(13)24-16/h10-11H,2-9H2,1H3. The fourth-order valence-corrected chi connectivity index (χ4v) is 3.85. The lowest BCUT2D eigenvalue weighted by Gasteiger charge is -2.32. The summed E-state index contributed by atoms with van der Waals surface area (Å²) < 4.78 is 6.14. The smallest absolute Gasteiger partial charge is 0.229 e. The lowest BCUT2D eigenvalue weighted by molar-refractivity contribution is 0.312. The molecule has 1 saturated heterocycles. The minimum absolute atomic E-state index is 0.710. The molecule has 5 rings (SSSR count). The molecule has 124 valence electrons. The van der Waals surface area contributed by atoms with Crippen molar-refractivity contribution in [3.05, 3.63) is 23.7 Å². The lowest BCUT2D eigenvalue weighted by Crippen LogP contribution is -2.44. The molecule has 4 heterocycles. The van der Waals surface area contributed by atoms with Crippen LogP contribution in [-0.2, 0) is 12.8 Å². The molecule has 0 aromatic carbocycles. The third-order valence-corrected chi connectivity index (χ3v) is 5.31. The molecule has 3 aromatic rings. The first-order valence-corrected chi connectivity index (χ1v) is 8.79. The average molecular weight is 323 g/mol. The molecule has 6 heteroatoms. The Bertz CT molecular complexity index is 911. The normalized spacial score (nSPS) is 19.1. The largest absolute Gasteiger partial charge is 0.432 e. The highest BCUT2D eigenvalue weighted by Gasteiger charge is 2.23. The summed E-state index contributed by atoms with van der Waals surface area (Å²) in [6, 6.07) is 2.24. The Morgan fingerprint density at radius 1 is 1.04 bits per heavy atom. The molecular weight excluding hydrogens is 302 g/mol. The van der Waals surface area contributed by atoms with E-state index in [4.69, 9.17) is 9.40 Å². The van der Waals surface area contributed by atoms with Gasteiger partial charge < -0.3 is 14.2 Å². The van der Waals surface area contributed by atoms with Crippen molar-refractivity contribution in [2.45, 2.75) is 25.7 Å². The minimum atomic E-state index is 0.710. The fourth-order valence-electron chi connectivity index (χ4n) is 3.85. The summed E-state index contributed by atoms with van der Waals surface area (Å²) in [5.41, 5.74) is 4.95. The van der Waals surface area contributed by atoms with Gasteiger partial charge in [-0.15, -0.1) is 0 Å². The summed E-state index contributed by atoms with van der Waals surface area (Å²) in [5, 5.41) is 1.03. The summed E-state index contributed by atoms with van der Waals surface area (Å²) >= 11 is 0. The molecule has 0 radical (unpaired) electrons. The minimum Gasteiger partial charge on any atom is -0.432 e. The molecule has 0 atom stereocenters. The van der Waals surface area contributed by atoms with Crippen molar-refractivity contribution >= 4 is 28.0 Å². The van der Waals surface area contributed by atoms with E-state index in [1.807, 2.05) is 0 Å². The second kappa shape index (κ2) is 5.41. The number of fused-ring (bicyclic) bond motifs is 4. The number of rotatable bonds is 1. The van der Waals surface area contributed by atoms with Gasteiger partial charge in [-0.3, -0.25) is 0 Å². The quantitative estimate of drug-likeness (QED) is 0.685. The predicted octanol–water partition coefficient (Wildman–Crippen LogP) is 2.40. The molecule has 24 heavy (non-hydrogen) atoms. The molecule has 0 saturated carbocycles. The van der Waals surface area contributed by atoms with Gasteiger partial charge in [-0.25, -0.2) is 15.0 Å². The summed E-state index contributed by atoms with van der Waals surface area (Å²) in [7, 11) is 2.16. The summed E-state index contributed by atoms with van der Waals surface area (Å²) in [5.74, 6) is 0.907. The van der Waals surface area contributed by atoms with E-state index in [0.29, 0.717) is 5.71 Å². The first-order chi connectivity index (χ1) is 11.8. The van der Waals surface area contributed by atoms with Gasteiger partial charge in [0.2, 0.25) is 5.71 Å². The third-order valence-electron chi connectivity index (χ3n) is 5.31. The number of aromatic nitrogens is 3. The van der Waals surface area contributed by atoms with Crippen LogP contribution < -0.4 is 4.90 Å². The van der Waals surface area contributed by atoms with Gasteiger partial charge in [0, 0.05) is 31.9 Å². The maximum atomic E-state index is 6.14. The van der Waals surface area contributed by atoms with Crippen molar-refractivity contribution in [2.24, 2.45) is 0 Å². The Morgan fingerprint density at radius 2 is 1.88 bits per heavy atom. The van der Waals surface area contributed by atoms with Crippen LogP contribution in [0.5, 0.6) is 0 Å². The highest BCUT2D eigenvalue weighted by atomic mass is 16.3. The van der Waals surface area contributed by atoms with Crippen LogP contribution >= 0.6 is 0 Å². The van der Waals surface area contributed by atoms with Crippen molar-refractivity contribution in [3.63, 3.8) is 0 Å². The number of hydrogen-bond acceptors (Lipinski definition) is 6. The average Bonchev–Trinajstić information content (AvgIpc) is 2.98. The molecule has 3 aromatic heterocycles. The van der Waals surface area contributed by atoms with Crippen molar-refractivity contribution in [2.75, 3.05) is 38.1 Å². The van der Waals surface area contributed by atoms with E-state index in [1.54, 1.807) is 6.33 Å². The Morgan fingerprint density at radius 3 is 2.75 bits per heavy atom. The van der Waals surface area contributed by atoms with E-state index in [9.17, 15) is 0 Å². The number of pyridine rings is 1. The molecule has 6 nitrogen and oxygen atoms in total. The van der Waals surface area contributed by atoms with Gasteiger partial charge in [-0.05, 0) is 44.4 Å². The number of furan rings is 1. The van der Waals surface area contributed by atoms with Gasteiger partial charge in [0.05, 0.1) is 5.39 Å². The number of likely N-dealkylation sites (N-methyl/N-ethyl adjacent to an activating group) is 1. The molecule has 0 amide bonds. The third kappa shape index (κ3) is 2.17. The van der Waals surface area contributed by atoms with E-state index >= 15 is 0 Å². The van der Waals surface area contributed by atoms with Gasteiger partial charge >= 0.3 is 0 Å². The number of hydrogen-bond donors (Lipinski definition) is 0. The van der Waals surface area contributed by atoms with Gasteiger partial charge in [0.1, 0.15) is 11.8 Å². The van der Waals surface area contributed by atoms with Crippen LogP contribution in [0, 0.1) is 0 Å². The van der Waals surface area contributed by atoms with Crippen molar-refractivity contribution < 1.29 is 4.42 Å². The van der Waals surface area contributed by atoms with Gasteiger partial charge in [-0.1, -0.05) is 0 Å². The number of anilines is 1. The number of nitrogens with zero attached hydrogens (tertiary/aromatic N) is 5. The van der Waals surface area contributed by atoms with Crippen LogP contribution in [0.1, 0.15) is 24.1 Å². The maximum absolute atomic E-state index is 6.14. The number of piperazine rings is 1. The topological polar surface area (TPSA) is 58.3 Å². The molecular formula is C18H21N5O. The summed E-state index contributed by atoms with van der Waals surface area (Å²) in [6.45, 7) is 4.00. The van der Waals surface area contributed by atoms with Crippen LogP contribution in [0.25, 0.3) is 22.2 Å². The van der Waals surface area contributed by atoms with E-state index in [0.717, 1.165) is 61.3 Å². The van der Waals surface area contributed by atoms with E-state index in [-0.39, 0.29) is 0 Å². The zero-order valence-electron chi connectivity index (χ0n) is 14.0. The SMILES string of the molecule is CN1CCN(c2ncnc3c2oc2nc4c(cc23)CCCC4)CC1. The van der Waals surface area contributed by atoms with Crippen LogP contribution in [-0.4, -0.2) is 53.1 Å². The van der Waals surface area contributed by atoms with Gasteiger partial charge in [0.25, 0.3) is 0 Å². The highest BCUT2D eigenvalue weighted by Crippen LogP contribution is 2.34. The van der Waals surface area contributed by atoms with Crippen LogP contribution in [0.4, 0.5) is 5.82 Å². The predicted molar refractivity (Wildman–Crippen MR) is 93.5 cm³/mol. The van der Waals surface area contributed by atoms with E-state index in [1.165, 1.54) is 24.1 Å². The molecule has 0 spiro atoms. The van der Waals surface area contributed by atoms with Gasteiger partial charge in [-0.2, -0.15) is 0 Å². The molecule has 0 N–H and O–H groups in total. The molecule has 1 aliphatic heterocycles. The van der Waals surface area contributed by atoms with Crippen LogP contribution in [0.15, 0.2) is 16.8 Å². The van der Waals surface area contributed by atoms with Crippen LogP contribution in [0.3, 0.4) is 0 Å². The highest BCUT2D eigenvalue weighted by molar-refractivity contribution is 6.04. The van der Waals surface area contributed by atoms with Crippen molar-refractivity contribution in [3.8, 4) is 0 Å². The fraction of sp³-hybridized carbons (Fsp3) is 0.500. The second-order valence-electron chi connectivity index (χ2n) is 6.92. The maximum Gasteiger partial charge on any atom is 0.229 e. The first-order valence-electron chi connectivity index (χ1n) is 8.79. The molecule has 1 aliphatic carbocycles. The van der Waals surface area contributed by atoms with Crippen LogP contribution in [0.2, 0.25) is 0 Å². The van der Waals surface area contributed by atoms with E-state index < -0.39 is 0 Å². The monoisotopic (exact) mass is 323 g/mol. The zero-order valence-corrected chi connectivity index (χ0v) is 14.0. The molecule has 0 bridgehead atoms. The second-order valence-corrected chi connectivity index (χ2v) is 6.92. The zero-order chi connectivity index (χ0) is 16.1. The Balaban J connectivity index is 1.67. The Hall–Kier alpha value is -2.21. The number of aryl methyl sites for hydroxylation is 2. The molecule has 2 aliphatic rings.